The maximum absolute atomic E-state index is 13.1. The highest BCUT2D eigenvalue weighted by molar-refractivity contribution is 5.79. The van der Waals surface area contributed by atoms with Crippen molar-refractivity contribution in [3.8, 4) is 0 Å². The van der Waals surface area contributed by atoms with Gasteiger partial charge < -0.3 is 15.0 Å². The molecule has 0 spiro atoms. The zero-order valence-electron chi connectivity index (χ0n) is 12.7. The molecule has 0 saturated carbocycles. The van der Waals surface area contributed by atoms with Gasteiger partial charge in [0.25, 0.3) is 0 Å². The third-order valence-electron chi connectivity index (χ3n) is 3.69. The van der Waals surface area contributed by atoms with Crippen molar-refractivity contribution < 1.29 is 18.7 Å². The number of carbonyl (C=O) groups is 2. The number of likely N-dealkylation sites (tertiary alicyclic amines) is 1. The Bertz CT molecular complexity index is 528. The molecule has 1 saturated heterocycles. The van der Waals surface area contributed by atoms with Gasteiger partial charge in [0, 0.05) is 19.1 Å². The van der Waals surface area contributed by atoms with E-state index in [4.69, 9.17) is 4.74 Å². The summed E-state index contributed by atoms with van der Waals surface area (Å²) in [6.07, 6.45) is 1.20. The Morgan fingerprint density at radius 2 is 2.09 bits per heavy atom. The van der Waals surface area contributed by atoms with Crippen molar-refractivity contribution in [3.63, 3.8) is 0 Å². The molecule has 0 radical (unpaired) electrons. The highest BCUT2D eigenvalue weighted by Crippen LogP contribution is 2.13. The number of nitrogens with one attached hydrogen (secondary N) is 1. The molecule has 2 rings (SSSR count). The summed E-state index contributed by atoms with van der Waals surface area (Å²) in [4.78, 5) is 25.3. The van der Waals surface area contributed by atoms with E-state index in [0.29, 0.717) is 38.1 Å². The number of hydrogen-bond donors (Lipinski definition) is 1. The van der Waals surface area contributed by atoms with E-state index in [1.165, 1.54) is 12.1 Å². The molecule has 0 atom stereocenters. The standard InChI is InChI=1S/C16H21FN2O3/c1-2-22-16(21)18-14-6-8-19(9-7-14)15(20)11-12-4-3-5-13(17)10-12/h3-5,10,14H,2,6-9,11H2,1H3,(H,18,21). The average Bonchev–Trinajstić information content (AvgIpc) is 2.48. The van der Waals surface area contributed by atoms with Crippen LogP contribution in [0.4, 0.5) is 9.18 Å². The largest absolute Gasteiger partial charge is 0.450 e. The fourth-order valence-electron chi connectivity index (χ4n) is 2.55. The molecule has 5 nitrogen and oxygen atoms in total. The summed E-state index contributed by atoms with van der Waals surface area (Å²) in [5, 5.41) is 2.79. The van der Waals surface area contributed by atoms with Crippen LogP contribution >= 0.6 is 0 Å². The molecule has 1 aromatic rings. The van der Waals surface area contributed by atoms with E-state index in [0.717, 1.165) is 0 Å². The van der Waals surface area contributed by atoms with Gasteiger partial charge >= 0.3 is 6.09 Å². The first kappa shape index (κ1) is 16.3. The lowest BCUT2D eigenvalue weighted by Crippen LogP contribution is -2.47. The SMILES string of the molecule is CCOC(=O)NC1CCN(C(=O)Cc2cccc(F)c2)CC1. The molecule has 1 N–H and O–H groups in total. The van der Waals surface area contributed by atoms with Gasteiger partial charge in [-0.25, -0.2) is 9.18 Å². The normalized spacial score (nSPS) is 15.5. The lowest BCUT2D eigenvalue weighted by molar-refractivity contribution is -0.131. The first-order valence-corrected chi connectivity index (χ1v) is 7.54. The summed E-state index contributed by atoms with van der Waals surface area (Å²) < 4.78 is 18.0. The molecule has 22 heavy (non-hydrogen) atoms. The van der Waals surface area contributed by atoms with Gasteiger partial charge in [0.15, 0.2) is 0 Å². The Morgan fingerprint density at radius 3 is 2.73 bits per heavy atom. The van der Waals surface area contributed by atoms with Gasteiger partial charge in [-0.1, -0.05) is 12.1 Å². The molecular formula is C16H21FN2O3. The molecule has 1 aliphatic rings. The minimum Gasteiger partial charge on any atom is -0.450 e. The van der Waals surface area contributed by atoms with E-state index >= 15 is 0 Å². The van der Waals surface area contributed by atoms with Crippen LogP contribution < -0.4 is 5.32 Å². The van der Waals surface area contributed by atoms with Crippen molar-refractivity contribution in [1.29, 1.82) is 0 Å². The van der Waals surface area contributed by atoms with Crippen LogP contribution in [0.5, 0.6) is 0 Å². The Morgan fingerprint density at radius 1 is 1.36 bits per heavy atom. The number of hydrogen-bond acceptors (Lipinski definition) is 3. The second kappa shape index (κ2) is 7.77. The van der Waals surface area contributed by atoms with Crippen LogP contribution in [0.2, 0.25) is 0 Å². The average molecular weight is 308 g/mol. The zero-order valence-corrected chi connectivity index (χ0v) is 12.7. The second-order valence-corrected chi connectivity index (χ2v) is 5.33. The van der Waals surface area contributed by atoms with Gasteiger partial charge in [0.05, 0.1) is 13.0 Å². The number of nitrogens with zero attached hydrogens (tertiary/aromatic N) is 1. The third kappa shape index (κ3) is 4.72. The van der Waals surface area contributed by atoms with Gasteiger partial charge in [-0.2, -0.15) is 0 Å². The third-order valence-corrected chi connectivity index (χ3v) is 3.69. The van der Waals surface area contributed by atoms with Crippen LogP contribution in [0.1, 0.15) is 25.3 Å². The summed E-state index contributed by atoms with van der Waals surface area (Å²) in [7, 11) is 0. The highest BCUT2D eigenvalue weighted by Gasteiger charge is 2.24. The smallest absolute Gasteiger partial charge is 0.407 e. The van der Waals surface area contributed by atoms with Crippen LogP contribution in [0.15, 0.2) is 24.3 Å². The minimum atomic E-state index is -0.410. The predicted octanol–water partition coefficient (Wildman–Crippen LogP) is 2.11. The number of halogens is 1. The van der Waals surface area contributed by atoms with E-state index < -0.39 is 6.09 Å². The van der Waals surface area contributed by atoms with Crippen molar-refractivity contribution in [2.75, 3.05) is 19.7 Å². The van der Waals surface area contributed by atoms with Gasteiger partial charge in [-0.3, -0.25) is 4.79 Å². The van der Waals surface area contributed by atoms with Crippen LogP contribution in [0.3, 0.4) is 0 Å². The molecule has 1 fully saturated rings. The fourth-order valence-corrected chi connectivity index (χ4v) is 2.55. The Kier molecular flexibility index (Phi) is 5.75. The molecule has 1 aliphatic heterocycles. The first-order valence-electron chi connectivity index (χ1n) is 7.54. The maximum atomic E-state index is 13.1. The van der Waals surface area contributed by atoms with E-state index in [1.54, 1.807) is 24.0 Å². The molecule has 0 bridgehead atoms. The summed E-state index contributed by atoms with van der Waals surface area (Å²) in [6, 6.07) is 6.13. The van der Waals surface area contributed by atoms with Gasteiger partial charge in [-0.15, -0.1) is 0 Å². The van der Waals surface area contributed by atoms with Crippen molar-refractivity contribution in [2.24, 2.45) is 0 Å². The lowest BCUT2D eigenvalue weighted by atomic mass is 10.0. The molecule has 0 unspecified atom stereocenters. The molecule has 1 heterocycles. The van der Waals surface area contributed by atoms with E-state index in [-0.39, 0.29) is 24.2 Å². The topological polar surface area (TPSA) is 58.6 Å². The maximum Gasteiger partial charge on any atom is 0.407 e. The Labute approximate surface area is 129 Å². The Balaban J connectivity index is 1.78. The number of benzene rings is 1. The van der Waals surface area contributed by atoms with Crippen LogP contribution in [0, 0.1) is 5.82 Å². The zero-order chi connectivity index (χ0) is 15.9. The van der Waals surface area contributed by atoms with Gasteiger partial charge in [-0.05, 0) is 37.5 Å². The number of ether oxygens (including phenoxy) is 1. The van der Waals surface area contributed by atoms with Crippen molar-refractivity contribution in [1.82, 2.24) is 10.2 Å². The minimum absolute atomic E-state index is 0.0137. The highest BCUT2D eigenvalue weighted by atomic mass is 19.1. The van der Waals surface area contributed by atoms with Crippen molar-refractivity contribution in [2.45, 2.75) is 32.2 Å². The van der Waals surface area contributed by atoms with E-state index in [2.05, 4.69) is 5.32 Å². The first-order chi connectivity index (χ1) is 10.6. The summed E-state index contributed by atoms with van der Waals surface area (Å²) >= 11 is 0. The molecule has 0 aliphatic carbocycles. The summed E-state index contributed by atoms with van der Waals surface area (Å²) in [5.74, 6) is -0.345. The van der Waals surface area contributed by atoms with E-state index in [1.807, 2.05) is 0 Å². The number of amides is 2. The second-order valence-electron chi connectivity index (χ2n) is 5.33. The summed E-state index contributed by atoms with van der Waals surface area (Å²) in [5.41, 5.74) is 0.678. The fraction of sp³-hybridized carbons (Fsp3) is 0.500. The van der Waals surface area contributed by atoms with E-state index in [9.17, 15) is 14.0 Å². The number of carbonyl (C=O) groups excluding carboxylic acids is 2. The summed E-state index contributed by atoms with van der Waals surface area (Å²) in [6.45, 7) is 3.28. The molecule has 1 aromatic carbocycles. The molecule has 120 valence electrons. The van der Waals surface area contributed by atoms with Crippen molar-refractivity contribution in [3.05, 3.63) is 35.6 Å². The molecule has 6 heteroatoms. The quantitative estimate of drug-likeness (QED) is 0.927. The van der Waals surface area contributed by atoms with Crippen LogP contribution in [0.25, 0.3) is 0 Å². The Hall–Kier alpha value is -2.11. The molecule has 2 amide bonds. The predicted molar refractivity (Wildman–Crippen MR) is 79.9 cm³/mol. The van der Waals surface area contributed by atoms with Crippen molar-refractivity contribution >= 4 is 12.0 Å². The molecule has 0 aromatic heterocycles. The number of piperidine rings is 1. The molecular weight excluding hydrogens is 287 g/mol. The monoisotopic (exact) mass is 308 g/mol. The van der Waals surface area contributed by atoms with Crippen LogP contribution in [-0.4, -0.2) is 42.6 Å². The lowest BCUT2D eigenvalue weighted by Gasteiger charge is -2.32. The number of rotatable bonds is 4. The van der Waals surface area contributed by atoms with Gasteiger partial charge in [0.1, 0.15) is 5.82 Å². The van der Waals surface area contributed by atoms with Gasteiger partial charge in [0.2, 0.25) is 5.91 Å². The van der Waals surface area contributed by atoms with Crippen LogP contribution in [-0.2, 0) is 16.0 Å². The number of alkyl carbamates (subject to hydrolysis) is 1.